The van der Waals surface area contributed by atoms with E-state index in [0.29, 0.717) is 27.2 Å². The molecule has 0 bridgehead atoms. The fourth-order valence-electron chi connectivity index (χ4n) is 1.36. The largest absolute Gasteiger partial charge is 0.330 e. The Morgan fingerprint density at radius 3 is 2.25 bits per heavy atom. The summed E-state index contributed by atoms with van der Waals surface area (Å²) >= 11 is 18.0. The minimum atomic E-state index is -0.216. The van der Waals surface area contributed by atoms with Crippen LogP contribution in [-0.4, -0.2) is 6.54 Å². The van der Waals surface area contributed by atoms with E-state index in [0.717, 1.165) is 12.8 Å². The first kappa shape index (κ1) is 16.3. The van der Waals surface area contributed by atoms with Gasteiger partial charge in [-0.2, -0.15) is 0 Å². The Labute approximate surface area is 117 Å². The average Bonchev–Trinajstić information content (AvgIpc) is 2.21. The van der Waals surface area contributed by atoms with Crippen molar-refractivity contribution in [1.29, 1.82) is 0 Å². The van der Waals surface area contributed by atoms with E-state index in [-0.39, 0.29) is 18.4 Å². The lowest BCUT2D eigenvalue weighted by atomic mass is 10.0. The summed E-state index contributed by atoms with van der Waals surface area (Å²) in [5.74, 6) is 0. The first-order valence-corrected chi connectivity index (χ1v) is 5.80. The Hall–Kier alpha value is 0.300. The highest BCUT2D eigenvalue weighted by Crippen LogP contribution is 2.36. The quantitative estimate of drug-likeness (QED) is 0.831. The monoisotopic (exact) mass is 302 g/mol. The van der Waals surface area contributed by atoms with E-state index in [9.17, 15) is 0 Å². The van der Waals surface area contributed by atoms with E-state index in [1.165, 1.54) is 0 Å². The first-order valence-electron chi connectivity index (χ1n) is 4.67. The maximum atomic E-state index is 6.04. The molecule has 0 aliphatic heterocycles. The molecule has 0 aliphatic carbocycles. The van der Waals surface area contributed by atoms with Crippen molar-refractivity contribution in [3.63, 3.8) is 0 Å². The molecule has 0 amide bonds. The Bertz CT molecular complexity index is 344. The van der Waals surface area contributed by atoms with Crippen LogP contribution in [0.15, 0.2) is 12.1 Å². The summed E-state index contributed by atoms with van der Waals surface area (Å²) in [7, 11) is 0. The molecule has 4 N–H and O–H groups in total. The molecule has 1 aromatic carbocycles. The predicted molar refractivity (Wildman–Crippen MR) is 73.9 cm³/mol. The van der Waals surface area contributed by atoms with Crippen LogP contribution in [0.3, 0.4) is 0 Å². The lowest BCUT2D eigenvalue weighted by Gasteiger charge is -2.15. The van der Waals surface area contributed by atoms with Crippen molar-refractivity contribution in [2.75, 3.05) is 6.54 Å². The van der Waals surface area contributed by atoms with Crippen molar-refractivity contribution in [3.8, 4) is 0 Å². The minimum Gasteiger partial charge on any atom is -0.330 e. The van der Waals surface area contributed by atoms with E-state index >= 15 is 0 Å². The zero-order valence-corrected chi connectivity index (χ0v) is 11.6. The third-order valence-corrected chi connectivity index (χ3v) is 3.32. The number of halogens is 4. The summed E-state index contributed by atoms with van der Waals surface area (Å²) < 4.78 is 0. The standard InChI is InChI=1S/C10H13Cl3N2.ClH/c11-6-3-4-7(12)10(13)9(6)8(15)2-1-5-14;/h3-4,8H,1-2,5,14-15H2;1H/t8-;/m1./s1. The molecule has 92 valence electrons. The molecule has 0 saturated carbocycles. The Morgan fingerprint density at radius 2 is 1.69 bits per heavy atom. The molecule has 16 heavy (non-hydrogen) atoms. The Morgan fingerprint density at radius 1 is 1.12 bits per heavy atom. The molecule has 0 radical (unpaired) electrons. The minimum absolute atomic E-state index is 0. The molecule has 0 heterocycles. The number of benzene rings is 1. The van der Waals surface area contributed by atoms with Gasteiger partial charge in [0.15, 0.2) is 0 Å². The molecule has 0 spiro atoms. The lowest BCUT2D eigenvalue weighted by Crippen LogP contribution is -2.13. The molecular formula is C10H14Cl4N2. The van der Waals surface area contributed by atoms with Crippen LogP contribution in [0, 0.1) is 0 Å². The maximum absolute atomic E-state index is 6.04. The van der Waals surface area contributed by atoms with Gasteiger partial charge in [0, 0.05) is 16.6 Å². The molecular weight excluding hydrogens is 290 g/mol. The lowest BCUT2D eigenvalue weighted by molar-refractivity contribution is 0.618. The molecule has 0 saturated heterocycles. The summed E-state index contributed by atoms with van der Waals surface area (Å²) in [4.78, 5) is 0. The molecule has 0 unspecified atom stereocenters. The number of hydrogen-bond acceptors (Lipinski definition) is 2. The smallest absolute Gasteiger partial charge is 0.0654 e. The first-order chi connectivity index (χ1) is 7.07. The van der Waals surface area contributed by atoms with Crippen LogP contribution in [0.4, 0.5) is 0 Å². The van der Waals surface area contributed by atoms with Crippen LogP contribution in [-0.2, 0) is 0 Å². The van der Waals surface area contributed by atoms with Gasteiger partial charge < -0.3 is 11.5 Å². The summed E-state index contributed by atoms with van der Waals surface area (Å²) in [6.07, 6.45) is 1.58. The van der Waals surface area contributed by atoms with E-state index in [1.807, 2.05) is 0 Å². The van der Waals surface area contributed by atoms with Crippen LogP contribution >= 0.6 is 47.2 Å². The highest BCUT2D eigenvalue weighted by Gasteiger charge is 2.15. The van der Waals surface area contributed by atoms with E-state index in [2.05, 4.69) is 0 Å². The number of nitrogens with two attached hydrogens (primary N) is 2. The van der Waals surface area contributed by atoms with Crippen molar-refractivity contribution >= 4 is 47.2 Å². The Balaban J connectivity index is 0.00000225. The second-order valence-corrected chi connectivity index (χ2v) is 4.49. The van der Waals surface area contributed by atoms with Crippen LogP contribution in [0.1, 0.15) is 24.4 Å². The average molecular weight is 304 g/mol. The third-order valence-electron chi connectivity index (χ3n) is 2.17. The van der Waals surface area contributed by atoms with Crippen LogP contribution in [0.25, 0.3) is 0 Å². The zero-order valence-electron chi connectivity index (χ0n) is 8.55. The highest BCUT2D eigenvalue weighted by molar-refractivity contribution is 6.44. The maximum Gasteiger partial charge on any atom is 0.0654 e. The summed E-state index contributed by atoms with van der Waals surface area (Å²) in [5, 5.41) is 1.46. The topological polar surface area (TPSA) is 52.0 Å². The van der Waals surface area contributed by atoms with Crippen LogP contribution < -0.4 is 11.5 Å². The predicted octanol–water partition coefficient (Wildman–Crippen LogP) is 3.81. The van der Waals surface area contributed by atoms with Gasteiger partial charge in [-0.15, -0.1) is 12.4 Å². The number of hydrogen-bond donors (Lipinski definition) is 2. The molecule has 2 nitrogen and oxygen atoms in total. The van der Waals surface area contributed by atoms with E-state index in [4.69, 9.17) is 46.3 Å². The van der Waals surface area contributed by atoms with Crippen molar-refractivity contribution in [1.82, 2.24) is 0 Å². The van der Waals surface area contributed by atoms with Crippen molar-refractivity contribution in [2.45, 2.75) is 18.9 Å². The molecule has 1 rings (SSSR count). The highest BCUT2D eigenvalue weighted by atomic mass is 35.5. The molecule has 1 atom stereocenters. The summed E-state index contributed by atoms with van der Waals surface area (Å²) in [5.41, 5.74) is 12.1. The fourth-order valence-corrected chi connectivity index (χ4v) is 2.18. The third kappa shape index (κ3) is 3.95. The molecule has 0 aliphatic rings. The fraction of sp³-hybridized carbons (Fsp3) is 0.400. The Kier molecular flexibility index (Phi) is 7.73. The summed E-state index contributed by atoms with van der Waals surface area (Å²) in [6, 6.07) is 3.14. The second-order valence-electron chi connectivity index (χ2n) is 3.29. The zero-order chi connectivity index (χ0) is 11.4. The SMILES string of the molecule is Cl.NCCC[C@@H](N)c1c(Cl)ccc(Cl)c1Cl. The molecule has 1 aromatic rings. The normalized spacial score (nSPS) is 12.1. The molecule has 0 aromatic heterocycles. The van der Waals surface area contributed by atoms with Gasteiger partial charge in [0.05, 0.1) is 10.0 Å². The van der Waals surface area contributed by atoms with E-state index < -0.39 is 0 Å². The van der Waals surface area contributed by atoms with Crippen molar-refractivity contribution in [2.24, 2.45) is 11.5 Å². The van der Waals surface area contributed by atoms with Gasteiger partial charge in [0.1, 0.15) is 0 Å². The van der Waals surface area contributed by atoms with Gasteiger partial charge in [-0.1, -0.05) is 34.8 Å². The van der Waals surface area contributed by atoms with Crippen LogP contribution in [0.5, 0.6) is 0 Å². The van der Waals surface area contributed by atoms with E-state index in [1.54, 1.807) is 12.1 Å². The van der Waals surface area contributed by atoms with Gasteiger partial charge in [-0.3, -0.25) is 0 Å². The van der Waals surface area contributed by atoms with Gasteiger partial charge >= 0.3 is 0 Å². The second kappa shape index (κ2) is 7.59. The van der Waals surface area contributed by atoms with Crippen molar-refractivity contribution < 1.29 is 0 Å². The van der Waals surface area contributed by atoms with Gasteiger partial charge in [-0.05, 0) is 31.5 Å². The molecule has 6 heteroatoms. The van der Waals surface area contributed by atoms with Gasteiger partial charge in [0.25, 0.3) is 0 Å². The van der Waals surface area contributed by atoms with Gasteiger partial charge in [0.2, 0.25) is 0 Å². The summed E-state index contributed by atoms with van der Waals surface area (Å²) in [6.45, 7) is 0.601. The molecule has 0 fully saturated rings. The van der Waals surface area contributed by atoms with Crippen LogP contribution in [0.2, 0.25) is 15.1 Å². The van der Waals surface area contributed by atoms with Crippen molar-refractivity contribution in [3.05, 3.63) is 32.8 Å². The number of rotatable bonds is 4. The van der Waals surface area contributed by atoms with Gasteiger partial charge in [-0.25, -0.2) is 0 Å².